The maximum Gasteiger partial charge on any atom is 0.161 e. The number of nitrogens with zero attached hydrogens (tertiary/aromatic N) is 2. The number of carbonyl (C=O) groups excluding carboxylic acids is 1. The van der Waals surface area contributed by atoms with Crippen molar-refractivity contribution in [2.75, 3.05) is 31.6 Å². The third-order valence-corrected chi connectivity index (χ3v) is 4.13. The number of hydrogen-bond donors (Lipinski definition) is 0. The zero-order chi connectivity index (χ0) is 13.3. The molecule has 18 heavy (non-hydrogen) atoms. The molecule has 98 valence electrons. The van der Waals surface area contributed by atoms with E-state index in [-0.39, 0.29) is 5.78 Å². The van der Waals surface area contributed by atoms with Gasteiger partial charge in [-0.15, -0.1) is 0 Å². The maximum atomic E-state index is 11.7. The average molecular weight is 311 g/mol. The van der Waals surface area contributed by atoms with Crippen LogP contribution in [-0.4, -0.2) is 43.4 Å². The second-order valence-corrected chi connectivity index (χ2v) is 5.91. The lowest BCUT2D eigenvalue weighted by molar-refractivity contribution is 0.101. The van der Waals surface area contributed by atoms with Gasteiger partial charge in [0.2, 0.25) is 0 Å². The highest BCUT2D eigenvalue weighted by Crippen LogP contribution is 2.26. The predicted octanol–water partition coefficient (Wildman–Crippen LogP) is 2.79. The highest BCUT2D eigenvalue weighted by Gasteiger charge is 2.23. The van der Waals surface area contributed by atoms with Crippen molar-refractivity contribution in [2.45, 2.75) is 19.9 Å². The zero-order valence-corrected chi connectivity index (χ0v) is 12.7. The molecule has 0 spiro atoms. The molecule has 1 atom stereocenters. The summed E-state index contributed by atoms with van der Waals surface area (Å²) in [4.78, 5) is 16.4. The summed E-state index contributed by atoms with van der Waals surface area (Å²) >= 11 is 3.43. The predicted molar refractivity (Wildman–Crippen MR) is 78.5 cm³/mol. The zero-order valence-electron chi connectivity index (χ0n) is 11.1. The molecule has 0 saturated carbocycles. The topological polar surface area (TPSA) is 23.6 Å². The number of halogens is 1. The third-order valence-electron chi connectivity index (χ3n) is 3.64. The lowest BCUT2D eigenvalue weighted by Crippen LogP contribution is -2.50. The molecule has 1 aliphatic heterocycles. The van der Waals surface area contributed by atoms with Crippen molar-refractivity contribution >= 4 is 27.4 Å². The Kier molecular flexibility index (Phi) is 4.07. The molecular formula is C14H19BrN2O. The van der Waals surface area contributed by atoms with Gasteiger partial charge in [-0.3, -0.25) is 4.79 Å². The van der Waals surface area contributed by atoms with Crippen molar-refractivity contribution < 1.29 is 4.79 Å². The Morgan fingerprint density at radius 3 is 2.72 bits per heavy atom. The van der Waals surface area contributed by atoms with Crippen molar-refractivity contribution in [3.05, 3.63) is 28.2 Å². The molecule has 1 unspecified atom stereocenters. The van der Waals surface area contributed by atoms with Crippen LogP contribution in [0.2, 0.25) is 0 Å². The van der Waals surface area contributed by atoms with E-state index in [1.54, 1.807) is 6.92 Å². The van der Waals surface area contributed by atoms with Gasteiger partial charge in [0, 0.05) is 41.4 Å². The Bertz CT molecular complexity index is 461. The summed E-state index contributed by atoms with van der Waals surface area (Å²) in [6.07, 6.45) is 0. The van der Waals surface area contributed by atoms with E-state index in [0.29, 0.717) is 6.04 Å². The molecule has 1 heterocycles. The normalized spacial score (nSPS) is 21.1. The van der Waals surface area contributed by atoms with Crippen LogP contribution >= 0.6 is 15.9 Å². The van der Waals surface area contributed by atoms with Crippen LogP contribution in [0.3, 0.4) is 0 Å². The molecule has 0 amide bonds. The molecule has 0 aromatic heterocycles. The molecule has 1 aromatic carbocycles. The largest absolute Gasteiger partial charge is 0.368 e. The summed E-state index contributed by atoms with van der Waals surface area (Å²) in [6, 6.07) is 6.48. The van der Waals surface area contributed by atoms with Gasteiger partial charge >= 0.3 is 0 Å². The molecular weight excluding hydrogens is 292 g/mol. The first-order chi connectivity index (χ1) is 8.49. The Hall–Kier alpha value is -0.870. The lowest BCUT2D eigenvalue weighted by Gasteiger charge is -2.39. The van der Waals surface area contributed by atoms with E-state index in [1.165, 1.54) is 0 Å². The molecule has 1 fully saturated rings. The molecule has 0 aliphatic carbocycles. The van der Waals surface area contributed by atoms with Crippen LogP contribution in [0.25, 0.3) is 0 Å². The number of likely N-dealkylation sites (N-methyl/N-ethyl adjacent to an activating group) is 1. The van der Waals surface area contributed by atoms with Crippen molar-refractivity contribution in [1.82, 2.24) is 4.90 Å². The van der Waals surface area contributed by atoms with Crippen molar-refractivity contribution in [1.29, 1.82) is 0 Å². The van der Waals surface area contributed by atoms with Crippen molar-refractivity contribution in [3.63, 3.8) is 0 Å². The number of anilines is 1. The summed E-state index contributed by atoms with van der Waals surface area (Å²) in [5.41, 5.74) is 1.87. The lowest BCUT2D eigenvalue weighted by atomic mass is 10.1. The first-order valence-electron chi connectivity index (χ1n) is 6.24. The van der Waals surface area contributed by atoms with Crippen LogP contribution < -0.4 is 4.90 Å². The van der Waals surface area contributed by atoms with Crippen LogP contribution in [0.15, 0.2) is 22.7 Å². The molecule has 2 rings (SSSR count). The van der Waals surface area contributed by atoms with Crippen LogP contribution in [0.4, 0.5) is 5.69 Å². The fourth-order valence-electron chi connectivity index (χ4n) is 2.33. The molecule has 1 aromatic rings. The van der Waals surface area contributed by atoms with Crippen LogP contribution in [0.1, 0.15) is 24.2 Å². The first kappa shape index (κ1) is 13.6. The number of benzene rings is 1. The Morgan fingerprint density at radius 2 is 2.11 bits per heavy atom. The van der Waals surface area contributed by atoms with Gasteiger partial charge in [0.1, 0.15) is 0 Å². The van der Waals surface area contributed by atoms with Crippen molar-refractivity contribution in [2.24, 2.45) is 0 Å². The number of piperazine rings is 1. The van der Waals surface area contributed by atoms with E-state index < -0.39 is 0 Å². The summed E-state index contributed by atoms with van der Waals surface area (Å²) in [6.45, 7) is 6.83. The van der Waals surface area contributed by atoms with Crippen LogP contribution in [0, 0.1) is 0 Å². The number of carbonyl (C=O) groups is 1. The van der Waals surface area contributed by atoms with Gasteiger partial charge in [0.05, 0.1) is 0 Å². The summed E-state index contributed by atoms with van der Waals surface area (Å²) in [5, 5.41) is 0. The third kappa shape index (κ3) is 2.75. The molecule has 3 nitrogen and oxygen atoms in total. The fourth-order valence-corrected chi connectivity index (χ4v) is 2.69. The van der Waals surface area contributed by atoms with Crippen LogP contribution in [-0.2, 0) is 0 Å². The monoisotopic (exact) mass is 310 g/mol. The smallest absolute Gasteiger partial charge is 0.161 e. The van der Waals surface area contributed by atoms with Gasteiger partial charge in [0.25, 0.3) is 0 Å². The second kappa shape index (κ2) is 5.41. The van der Waals surface area contributed by atoms with Gasteiger partial charge in [-0.25, -0.2) is 0 Å². The molecule has 0 radical (unpaired) electrons. The van der Waals surface area contributed by atoms with Gasteiger partial charge in [-0.1, -0.05) is 15.9 Å². The number of ketones is 1. The van der Waals surface area contributed by atoms with E-state index in [2.05, 4.69) is 39.7 Å². The van der Waals surface area contributed by atoms with Crippen LogP contribution in [0.5, 0.6) is 0 Å². The van der Waals surface area contributed by atoms with Gasteiger partial charge in [0.15, 0.2) is 5.78 Å². The fraction of sp³-hybridized carbons (Fsp3) is 0.500. The Morgan fingerprint density at radius 1 is 1.39 bits per heavy atom. The summed E-state index contributed by atoms with van der Waals surface area (Å²) in [5.74, 6) is 0.123. The highest BCUT2D eigenvalue weighted by molar-refractivity contribution is 9.10. The minimum Gasteiger partial charge on any atom is -0.368 e. The standard InChI is InChI=1S/C14H19BrN2O/c1-10-9-17(7-6-16(10)3)14-5-4-12(15)8-13(14)11(2)18/h4-5,8,10H,6-7,9H2,1-3H3. The number of hydrogen-bond acceptors (Lipinski definition) is 3. The van der Waals surface area contributed by atoms with E-state index in [1.807, 2.05) is 18.2 Å². The molecule has 0 bridgehead atoms. The molecule has 1 saturated heterocycles. The minimum absolute atomic E-state index is 0.123. The van der Waals surface area contributed by atoms with Gasteiger partial charge in [-0.05, 0) is 39.1 Å². The Balaban J connectivity index is 2.30. The van der Waals surface area contributed by atoms with Gasteiger partial charge in [-0.2, -0.15) is 0 Å². The average Bonchev–Trinajstić information content (AvgIpc) is 2.32. The van der Waals surface area contributed by atoms with E-state index in [0.717, 1.165) is 35.4 Å². The molecule has 1 aliphatic rings. The Labute approximate surface area is 117 Å². The van der Waals surface area contributed by atoms with E-state index >= 15 is 0 Å². The second-order valence-electron chi connectivity index (χ2n) is 4.99. The number of rotatable bonds is 2. The maximum absolute atomic E-state index is 11.7. The van der Waals surface area contributed by atoms with Crippen molar-refractivity contribution in [3.8, 4) is 0 Å². The van der Waals surface area contributed by atoms with E-state index in [9.17, 15) is 4.79 Å². The molecule has 0 N–H and O–H groups in total. The summed E-state index contributed by atoms with van der Waals surface area (Å²) in [7, 11) is 2.15. The van der Waals surface area contributed by atoms with E-state index in [4.69, 9.17) is 0 Å². The minimum atomic E-state index is 0.123. The molecule has 4 heteroatoms. The SMILES string of the molecule is CC(=O)c1cc(Br)ccc1N1CCN(C)C(C)C1. The summed E-state index contributed by atoms with van der Waals surface area (Å²) < 4.78 is 0.957. The highest BCUT2D eigenvalue weighted by atomic mass is 79.9. The quantitative estimate of drug-likeness (QED) is 0.785. The first-order valence-corrected chi connectivity index (χ1v) is 7.04. The van der Waals surface area contributed by atoms with Gasteiger partial charge < -0.3 is 9.80 Å². The number of Topliss-reactive ketones (excluding diaryl/α,β-unsaturated/α-hetero) is 1.